The number of piperazine rings is 1. The molecule has 0 bridgehead atoms. The van der Waals surface area contributed by atoms with Crippen molar-refractivity contribution >= 4 is 17.4 Å². The van der Waals surface area contributed by atoms with E-state index in [-0.39, 0.29) is 5.54 Å². The summed E-state index contributed by atoms with van der Waals surface area (Å²) in [7, 11) is 0. The Hall–Kier alpha value is -1.62. The summed E-state index contributed by atoms with van der Waals surface area (Å²) < 4.78 is 5.90. The van der Waals surface area contributed by atoms with Crippen LogP contribution >= 0.6 is 11.6 Å². The van der Waals surface area contributed by atoms with E-state index in [4.69, 9.17) is 21.7 Å². The van der Waals surface area contributed by atoms with Gasteiger partial charge in [0.25, 0.3) is 0 Å². The van der Waals surface area contributed by atoms with E-state index in [0.717, 1.165) is 25.5 Å². The Morgan fingerprint density at radius 2 is 2.04 bits per heavy atom. The van der Waals surface area contributed by atoms with Crippen LogP contribution in [0.4, 0.5) is 5.82 Å². The average Bonchev–Trinajstić information content (AvgIpc) is 2.56. The van der Waals surface area contributed by atoms with E-state index in [2.05, 4.69) is 28.9 Å². The van der Waals surface area contributed by atoms with Gasteiger partial charge in [0.1, 0.15) is 5.82 Å². The quantitative estimate of drug-likeness (QED) is 0.845. The van der Waals surface area contributed by atoms with Crippen molar-refractivity contribution in [2.75, 3.05) is 31.1 Å². The van der Waals surface area contributed by atoms with Gasteiger partial charge >= 0.3 is 0 Å². The molecule has 0 aliphatic carbocycles. The third-order valence-corrected chi connectivity index (χ3v) is 4.18. The molecule has 121 valence electrons. The Morgan fingerprint density at radius 1 is 1.22 bits per heavy atom. The lowest BCUT2D eigenvalue weighted by Gasteiger charge is -2.40. The van der Waals surface area contributed by atoms with Gasteiger partial charge in [-0.2, -0.15) is 0 Å². The van der Waals surface area contributed by atoms with Crippen LogP contribution in [-0.2, 0) is 11.3 Å². The summed E-state index contributed by atoms with van der Waals surface area (Å²) in [6, 6.07) is 14.0. The summed E-state index contributed by atoms with van der Waals surface area (Å²) in [6.07, 6.45) is 1.69. The minimum atomic E-state index is -0.214. The molecule has 1 fully saturated rings. The normalized spacial score (nSPS) is 21.4. The van der Waals surface area contributed by atoms with Gasteiger partial charge in [-0.25, -0.2) is 10.3 Å². The van der Waals surface area contributed by atoms with Gasteiger partial charge in [0.15, 0.2) is 0 Å². The summed E-state index contributed by atoms with van der Waals surface area (Å²) in [5.74, 6) is 0.943. The second-order valence-corrected chi connectivity index (χ2v) is 6.55. The van der Waals surface area contributed by atoms with Gasteiger partial charge in [-0.15, -0.1) is 0 Å². The maximum atomic E-state index is 5.91. The van der Waals surface area contributed by atoms with Crippen LogP contribution < -0.4 is 10.2 Å². The van der Waals surface area contributed by atoms with Crippen molar-refractivity contribution in [3.05, 3.63) is 59.2 Å². The minimum Gasteiger partial charge on any atom is -0.375 e. The molecule has 5 heteroatoms. The molecule has 1 aliphatic rings. The number of benzene rings is 1. The second kappa shape index (κ2) is 7.30. The van der Waals surface area contributed by atoms with E-state index in [0.29, 0.717) is 18.2 Å². The highest BCUT2D eigenvalue weighted by Crippen LogP contribution is 2.21. The fourth-order valence-electron chi connectivity index (χ4n) is 2.79. The minimum absolute atomic E-state index is 0.214. The number of aromatic nitrogens is 1. The Morgan fingerprint density at radius 3 is 2.78 bits per heavy atom. The van der Waals surface area contributed by atoms with Gasteiger partial charge in [-0.3, -0.25) is 0 Å². The van der Waals surface area contributed by atoms with Crippen molar-refractivity contribution in [3.8, 4) is 0 Å². The molecular formula is C18H21ClN3O. The lowest BCUT2D eigenvalue weighted by molar-refractivity contribution is 0.0604. The van der Waals surface area contributed by atoms with Crippen molar-refractivity contribution in [1.82, 2.24) is 10.3 Å². The fraction of sp³-hybridized carbons (Fsp3) is 0.389. The molecule has 2 heterocycles. The third-order valence-electron chi connectivity index (χ3n) is 3.96. The first kappa shape index (κ1) is 16.2. The van der Waals surface area contributed by atoms with E-state index >= 15 is 0 Å². The molecule has 1 unspecified atom stereocenters. The first-order valence-electron chi connectivity index (χ1n) is 7.81. The first-order chi connectivity index (χ1) is 11.1. The zero-order chi connectivity index (χ0) is 16.1. The van der Waals surface area contributed by atoms with Crippen LogP contribution in [0.1, 0.15) is 12.5 Å². The largest absolute Gasteiger partial charge is 0.375 e. The number of rotatable bonds is 5. The SMILES string of the molecule is CC1(COCc2ccccc2)CN(c2ccc(Cl)cn2)CC[N]1. The average molecular weight is 331 g/mol. The van der Waals surface area contributed by atoms with E-state index in [1.807, 2.05) is 30.3 Å². The second-order valence-electron chi connectivity index (χ2n) is 6.11. The summed E-state index contributed by atoms with van der Waals surface area (Å²) in [5, 5.41) is 5.42. The lowest BCUT2D eigenvalue weighted by Crippen LogP contribution is -2.57. The van der Waals surface area contributed by atoms with Crippen molar-refractivity contribution in [2.24, 2.45) is 0 Å². The van der Waals surface area contributed by atoms with Gasteiger partial charge in [-0.1, -0.05) is 41.9 Å². The molecule has 1 saturated heterocycles. The Kier molecular flexibility index (Phi) is 5.16. The lowest BCUT2D eigenvalue weighted by atomic mass is 10.0. The summed E-state index contributed by atoms with van der Waals surface area (Å²) in [6.45, 7) is 5.83. The molecule has 0 amide bonds. The molecule has 1 aliphatic heterocycles. The summed E-state index contributed by atoms with van der Waals surface area (Å²) >= 11 is 5.91. The van der Waals surface area contributed by atoms with E-state index in [9.17, 15) is 0 Å². The topological polar surface area (TPSA) is 39.5 Å². The molecule has 1 aromatic carbocycles. The van der Waals surface area contributed by atoms with Crippen LogP contribution in [0.15, 0.2) is 48.7 Å². The van der Waals surface area contributed by atoms with Crippen LogP contribution in [-0.4, -0.2) is 36.8 Å². The summed E-state index contributed by atoms with van der Waals surface area (Å²) in [5.41, 5.74) is 0.970. The van der Waals surface area contributed by atoms with Crippen LogP contribution in [0.2, 0.25) is 5.02 Å². The van der Waals surface area contributed by atoms with Gasteiger partial charge in [-0.05, 0) is 24.6 Å². The van der Waals surface area contributed by atoms with Crippen molar-refractivity contribution in [1.29, 1.82) is 0 Å². The van der Waals surface area contributed by atoms with Gasteiger partial charge < -0.3 is 9.64 Å². The van der Waals surface area contributed by atoms with E-state index in [1.54, 1.807) is 6.20 Å². The molecule has 4 nitrogen and oxygen atoms in total. The number of hydrogen-bond donors (Lipinski definition) is 0. The monoisotopic (exact) mass is 330 g/mol. The molecule has 3 rings (SSSR count). The zero-order valence-electron chi connectivity index (χ0n) is 13.3. The molecule has 1 aromatic heterocycles. The fourth-order valence-corrected chi connectivity index (χ4v) is 2.90. The van der Waals surface area contributed by atoms with Crippen molar-refractivity contribution < 1.29 is 4.74 Å². The number of nitrogens with zero attached hydrogens (tertiary/aromatic N) is 3. The number of anilines is 1. The van der Waals surface area contributed by atoms with E-state index in [1.165, 1.54) is 5.56 Å². The van der Waals surface area contributed by atoms with Crippen LogP contribution in [0.5, 0.6) is 0 Å². The summed E-state index contributed by atoms with van der Waals surface area (Å²) in [4.78, 5) is 6.65. The molecule has 0 spiro atoms. The molecular weight excluding hydrogens is 310 g/mol. The third kappa shape index (κ3) is 4.44. The van der Waals surface area contributed by atoms with Gasteiger partial charge in [0, 0.05) is 25.8 Å². The Balaban J connectivity index is 1.57. The molecule has 0 N–H and O–H groups in total. The van der Waals surface area contributed by atoms with Crippen LogP contribution in [0.3, 0.4) is 0 Å². The highest BCUT2D eigenvalue weighted by molar-refractivity contribution is 6.30. The molecule has 1 atom stereocenters. The van der Waals surface area contributed by atoms with Crippen LogP contribution in [0, 0.1) is 0 Å². The maximum absolute atomic E-state index is 5.91. The Bertz CT molecular complexity index is 620. The highest BCUT2D eigenvalue weighted by Gasteiger charge is 2.32. The predicted octanol–water partition coefficient (Wildman–Crippen LogP) is 3.13. The maximum Gasteiger partial charge on any atom is 0.128 e. The smallest absolute Gasteiger partial charge is 0.128 e. The highest BCUT2D eigenvalue weighted by atomic mass is 35.5. The molecule has 0 saturated carbocycles. The predicted molar refractivity (Wildman–Crippen MR) is 93.0 cm³/mol. The standard InChI is InChI=1S/C18H21ClN3O/c1-18(14-23-12-15-5-3-2-4-6-15)13-22(10-9-21-18)17-8-7-16(19)11-20-17/h2-8,11H,9-10,12-14H2,1H3. The molecule has 1 radical (unpaired) electrons. The van der Waals surface area contributed by atoms with Gasteiger partial charge in [0.05, 0.1) is 23.8 Å². The van der Waals surface area contributed by atoms with Gasteiger partial charge in [0.2, 0.25) is 0 Å². The Labute approximate surface area is 142 Å². The molecule has 23 heavy (non-hydrogen) atoms. The van der Waals surface area contributed by atoms with Crippen molar-refractivity contribution in [3.63, 3.8) is 0 Å². The van der Waals surface area contributed by atoms with Crippen molar-refractivity contribution in [2.45, 2.75) is 19.1 Å². The number of hydrogen-bond acceptors (Lipinski definition) is 3. The number of ether oxygens (including phenoxy) is 1. The first-order valence-corrected chi connectivity index (χ1v) is 8.19. The zero-order valence-corrected chi connectivity index (χ0v) is 14.0. The van der Waals surface area contributed by atoms with Crippen LogP contribution in [0.25, 0.3) is 0 Å². The number of pyridine rings is 1. The number of halogens is 1. The molecule has 2 aromatic rings. The van der Waals surface area contributed by atoms with E-state index < -0.39 is 0 Å².